The van der Waals surface area contributed by atoms with Crippen LogP contribution in [0.3, 0.4) is 0 Å². The molecule has 118 valence electrons. The molecule has 1 aromatic carbocycles. The quantitative estimate of drug-likeness (QED) is 0.833. The average Bonchev–Trinajstić information content (AvgIpc) is 2.85. The van der Waals surface area contributed by atoms with Crippen LogP contribution in [0.2, 0.25) is 0 Å². The zero-order valence-electron chi connectivity index (χ0n) is 13.5. The fourth-order valence-electron chi connectivity index (χ4n) is 2.98. The van der Waals surface area contributed by atoms with E-state index in [9.17, 15) is 0 Å². The molecule has 0 unspecified atom stereocenters. The van der Waals surface area contributed by atoms with Crippen molar-refractivity contribution in [1.29, 1.82) is 0 Å². The lowest BCUT2D eigenvalue weighted by molar-refractivity contribution is 0.206. The molecule has 0 amide bonds. The van der Waals surface area contributed by atoms with Crippen LogP contribution in [0, 0.1) is 12.8 Å². The first kappa shape index (κ1) is 15.7. The molecule has 0 radical (unpaired) electrons. The third-order valence-electron chi connectivity index (χ3n) is 4.13. The van der Waals surface area contributed by atoms with E-state index >= 15 is 0 Å². The smallest absolute Gasteiger partial charge is 0.147 e. The van der Waals surface area contributed by atoms with E-state index in [1.165, 1.54) is 15.6 Å². The van der Waals surface area contributed by atoms with Crippen LogP contribution in [0.4, 0.5) is 0 Å². The minimum atomic E-state index is 0.622. The van der Waals surface area contributed by atoms with Crippen molar-refractivity contribution in [2.45, 2.75) is 46.8 Å². The van der Waals surface area contributed by atoms with Gasteiger partial charge in [0.15, 0.2) is 0 Å². The van der Waals surface area contributed by atoms with Crippen LogP contribution < -0.4 is 0 Å². The summed E-state index contributed by atoms with van der Waals surface area (Å²) in [5.74, 6) is 2.87. The van der Waals surface area contributed by atoms with Gasteiger partial charge in [0, 0.05) is 30.5 Å². The molecule has 1 aromatic heterocycles. The van der Waals surface area contributed by atoms with Gasteiger partial charge in [-0.2, -0.15) is 0 Å². The van der Waals surface area contributed by atoms with Gasteiger partial charge in [-0.15, -0.1) is 10.2 Å². The third kappa shape index (κ3) is 3.41. The van der Waals surface area contributed by atoms with E-state index < -0.39 is 0 Å². The monoisotopic (exact) mass is 362 g/mol. The van der Waals surface area contributed by atoms with Crippen LogP contribution in [-0.4, -0.2) is 26.2 Å². The summed E-state index contributed by atoms with van der Waals surface area (Å²) in [6.45, 7) is 10.5. The Morgan fingerprint density at radius 2 is 2.05 bits per heavy atom. The lowest BCUT2D eigenvalue weighted by atomic mass is 10.1. The number of rotatable bonds is 4. The Morgan fingerprint density at radius 1 is 1.23 bits per heavy atom. The molecule has 22 heavy (non-hydrogen) atoms. The number of fused-ring (bicyclic) bond motifs is 1. The second kappa shape index (κ2) is 6.50. The first-order chi connectivity index (χ1) is 10.5. The van der Waals surface area contributed by atoms with E-state index in [2.05, 4.69) is 74.6 Å². The highest BCUT2D eigenvalue weighted by Gasteiger charge is 2.21. The molecule has 2 aromatic rings. The van der Waals surface area contributed by atoms with Crippen LogP contribution in [0.15, 0.2) is 22.7 Å². The molecule has 0 bridgehead atoms. The Morgan fingerprint density at radius 3 is 2.77 bits per heavy atom. The van der Waals surface area contributed by atoms with Crippen LogP contribution in [0.25, 0.3) is 0 Å². The van der Waals surface area contributed by atoms with Gasteiger partial charge in [0.05, 0.1) is 6.54 Å². The molecular formula is C17H23BrN4. The van der Waals surface area contributed by atoms with E-state index in [1.807, 2.05) is 0 Å². The zero-order valence-corrected chi connectivity index (χ0v) is 15.1. The molecule has 4 nitrogen and oxygen atoms in total. The number of benzene rings is 1. The lowest BCUT2D eigenvalue weighted by Gasteiger charge is -2.28. The number of halogens is 1. The topological polar surface area (TPSA) is 34.0 Å². The molecule has 1 aliphatic rings. The Hall–Kier alpha value is -1.20. The molecule has 1 aliphatic heterocycles. The average molecular weight is 363 g/mol. The van der Waals surface area contributed by atoms with Gasteiger partial charge in [0.2, 0.25) is 0 Å². The van der Waals surface area contributed by atoms with Gasteiger partial charge in [0.25, 0.3) is 0 Å². The molecule has 0 saturated heterocycles. The van der Waals surface area contributed by atoms with Crippen molar-refractivity contribution in [1.82, 2.24) is 19.7 Å². The van der Waals surface area contributed by atoms with E-state index in [-0.39, 0.29) is 0 Å². The maximum absolute atomic E-state index is 4.40. The normalized spacial score (nSPS) is 15.3. The van der Waals surface area contributed by atoms with Crippen LogP contribution >= 0.6 is 15.9 Å². The molecule has 3 rings (SSSR count). The molecule has 0 fully saturated rings. The second-order valence-corrected chi connectivity index (χ2v) is 7.43. The number of hydrogen-bond donors (Lipinski definition) is 0. The maximum atomic E-state index is 4.40. The minimum Gasteiger partial charge on any atom is -0.313 e. The fraction of sp³-hybridized carbons (Fsp3) is 0.529. The lowest BCUT2D eigenvalue weighted by Crippen LogP contribution is -2.34. The highest BCUT2D eigenvalue weighted by atomic mass is 79.9. The van der Waals surface area contributed by atoms with Gasteiger partial charge in [-0.3, -0.25) is 4.90 Å². The fourth-order valence-corrected chi connectivity index (χ4v) is 3.23. The Balaban J connectivity index is 1.69. The highest BCUT2D eigenvalue weighted by molar-refractivity contribution is 9.10. The van der Waals surface area contributed by atoms with Crippen molar-refractivity contribution in [3.8, 4) is 0 Å². The van der Waals surface area contributed by atoms with E-state index in [0.29, 0.717) is 5.92 Å². The standard InChI is InChI=1S/C17H23BrN4/c1-12(2)8-16-19-20-17-11-21(6-7-22(16)17)10-14-4-5-15(18)13(3)9-14/h4-5,9,12H,6-8,10-11H2,1-3H3. The molecule has 2 heterocycles. The van der Waals surface area contributed by atoms with Crippen molar-refractivity contribution in [2.24, 2.45) is 5.92 Å². The van der Waals surface area contributed by atoms with Gasteiger partial charge in [-0.25, -0.2) is 0 Å². The Labute approximate surface area is 140 Å². The molecular weight excluding hydrogens is 340 g/mol. The molecule has 5 heteroatoms. The molecule has 0 spiro atoms. The molecule has 0 atom stereocenters. The predicted octanol–water partition coefficient (Wildman–Crippen LogP) is 3.56. The Bertz CT molecular complexity index is 663. The van der Waals surface area contributed by atoms with Crippen molar-refractivity contribution < 1.29 is 0 Å². The van der Waals surface area contributed by atoms with Gasteiger partial charge < -0.3 is 4.57 Å². The largest absolute Gasteiger partial charge is 0.313 e. The highest BCUT2D eigenvalue weighted by Crippen LogP contribution is 2.20. The summed E-state index contributed by atoms with van der Waals surface area (Å²) in [4.78, 5) is 2.45. The number of hydrogen-bond acceptors (Lipinski definition) is 3. The van der Waals surface area contributed by atoms with Crippen molar-refractivity contribution in [3.05, 3.63) is 45.4 Å². The second-order valence-electron chi connectivity index (χ2n) is 6.58. The van der Waals surface area contributed by atoms with Crippen LogP contribution in [0.1, 0.15) is 36.6 Å². The number of nitrogens with zero attached hydrogens (tertiary/aromatic N) is 4. The molecule has 0 saturated carbocycles. The summed E-state index contributed by atoms with van der Waals surface area (Å²) in [5.41, 5.74) is 2.65. The van der Waals surface area contributed by atoms with Gasteiger partial charge in [0.1, 0.15) is 11.6 Å². The van der Waals surface area contributed by atoms with E-state index in [1.54, 1.807) is 0 Å². The zero-order chi connectivity index (χ0) is 15.7. The third-order valence-corrected chi connectivity index (χ3v) is 5.02. The van der Waals surface area contributed by atoms with Gasteiger partial charge >= 0.3 is 0 Å². The summed E-state index contributed by atoms with van der Waals surface area (Å²) in [7, 11) is 0. The summed E-state index contributed by atoms with van der Waals surface area (Å²) in [6.07, 6.45) is 1.01. The minimum absolute atomic E-state index is 0.622. The van der Waals surface area contributed by atoms with Crippen molar-refractivity contribution >= 4 is 15.9 Å². The Kier molecular flexibility index (Phi) is 4.64. The van der Waals surface area contributed by atoms with E-state index in [0.717, 1.165) is 44.2 Å². The summed E-state index contributed by atoms with van der Waals surface area (Å²) < 4.78 is 3.48. The molecule has 0 aliphatic carbocycles. The van der Waals surface area contributed by atoms with Crippen LogP contribution in [-0.2, 0) is 26.1 Å². The SMILES string of the molecule is Cc1cc(CN2CCn3c(CC(C)C)nnc3C2)ccc1Br. The summed E-state index contributed by atoms with van der Waals surface area (Å²) in [5, 5.41) is 8.78. The number of aryl methyl sites for hydroxylation is 1. The first-order valence-corrected chi connectivity index (χ1v) is 8.70. The summed E-state index contributed by atoms with van der Waals surface area (Å²) >= 11 is 3.56. The van der Waals surface area contributed by atoms with Crippen LogP contribution in [0.5, 0.6) is 0 Å². The maximum Gasteiger partial charge on any atom is 0.147 e. The van der Waals surface area contributed by atoms with E-state index in [4.69, 9.17) is 0 Å². The summed E-state index contributed by atoms with van der Waals surface area (Å²) in [6, 6.07) is 6.59. The van der Waals surface area contributed by atoms with Gasteiger partial charge in [-0.05, 0) is 30.0 Å². The predicted molar refractivity (Wildman–Crippen MR) is 91.6 cm³/mol. The van der Waals surface area contributed by atoms with Crippen molar-refractivity contribution in [3.63, 3.8) is 0 Å². The molecule has 0 N–H and O–H groups in total. The first-order valence-electron chi connectivity index (χ1n) is 7.91. The van der Waals surface area contributed by atoms with Gasteiger partial charge in [-0.1, -0.05) is 41.9 Å². The van der Waals surface area contributed by atoms with Crippen molar-refractivity contribution in [2.75, 3.05) is 6.54 Å². The number of aromatic nitrogens is 3.